The van der Waals surface area contributed by atoms with Crippen LogP contribution in [0.25, 0.3) is 0 Å². The number of carbonyl (C=O) groups excluding carboxylic acids is 1. The summed E-state index contributed by atoms with van der Waals surface area (Å²) in [7, 11) is -3.29. The summed E-state index contributed by atoms with van der Waals surface area (Å²) < 4.78 is 92.0. The third-order valence-corrected chi connectivity index (χ3v) is 6.01. The molecule has 0 aliphatic heterocycles. The Labute approximate surface area is 167 Å². The van der Waals surface area contributed by atoms with Crippen molar-refractivity contribution in [3.8, 4) is 0 Å². The van der Waals surface area contributed by atoms with Crippen LogP contribution in [0, 0.1) is 18.6 Å². The van der Waals surface area contributed by atoms with E-state index in [1.54, 1.807) is 0 Å². The number of halogens is 6. The summed E-state index contributed by atoms with van der Waals surface area (Å²) in [6.07, 6.45) is -4.80. The van der Waals surface area contributed by atoms with E-state index in [4.69, 9.17) is 11.6 Å². The van der Waals surface area contributed by atoms with Gasteiger partial charge in [0.15, 0.2) is 11.6 Å². The van der Waals surface area contributed by atoms with E-state index >= 15 is 0 Å². The van der Waals surface area contributed by atoms with E-state index in [0.29, 0.717) is 13.0 Å². The van der Waals surface area contributed by atoms with Crippen molar-refractivity contribution in [3.05, 3.63) is 46.2 Å². The van der Waals surface area contributed by atoms with Crippen molar-refractivity contribution in [2.45, 2.75) is 31.0 Å². The molecule has 2 N–H and O–H groups in total. The first-order valence-corrected chi connectivity index (χ1v) is 9.72. The van der Waals surface area contributed by atoms with E-state index in [0.717, 1.165) is 16.7 Å². The lowest BCUT2D eigenvalue weighted by molar-refractivity contribution is -0.147. The molecule has 1 unspecified atom stereocenters. The topological polar surface area (TPSA) is 80.2 Å². The zero-order chi connectivity index (χ0) is 22.3. The molecule has 0 aliphatic rings. The summed E-state index contributed by atoms with van der Waals surface area (Å²) in [6, 6.07) is 0.128. The van der Waals surface area contributed by atoms with Gasteiger partial charge in [0, 0.05) is 24.5 Å². The van der Waals surface area contributed by atoms with Crippen molar-refractivity contribution >= 4 is 33.2 Å². The monoisotopic (exact) mass is 459 g/mol. The van der Waals surface area contributed by atoms with E-state index < -0.39 is 49.7 Å². The van der Waals surface area contributed by atoms with Crippen LogP contribution in [-0.2, 0) is 17.1 Å². The molecule has 1 aromatic carbocycles. The van der Waals surface area contributed by atoms with E-state index in [1.807, 2.05) is 0 Å². The summed E-state index contributed by atoms with van der Waals surface area (Å²) in [5.41, 5.74) is -0.463. The molecule has 0 spiro atoms. The van der Waals surface area contributed by atoms with Crippen LogP contribution in [0.1, 0.15) is 23.1 Å². The standard InChI is InChI=1S/C16H15ClF5N3O3S/c1-7-13(29(27,28)24-8(2)16(20,21)22)6-12(25(7)3)15(26)23-9-4-10(17)14(19)11(18)5-9/h4-6,8,24H,1-3H3,(H,23,26). The number of hydrogen-bond donors (Lipinski definition) is 2. The molecule has 0 bridgehead atoms. The second kappa shape index (κ2) is 7.92. The van der Waals surface area contributed by atoms with Crippen LogP contribution in [0.5, 0.6) is 0 Å². The van der Waals surface area contributed by atoms with Crippen LogP contribution in [-0.4, -0.2) is 31.1 Å². The van der Waals surface area contributed by atoms with Gasteiger partial charge >= 0.3 is 6.18 Å². The fraction of sp³-hybridized carbons (Fsp3) is 0.312. The van der Waals surface area contributed by atoms with E-state index in [1.165, 1.54) is 18.7 Å². The summed E-state index contributed by atoms with van der Waals surface area (Å²) >= 11 is 5.50. The maximum absolute atomic E-state index is 13.4. The molecular weight excluding hydrogens is 445 g/mol. The number of carbonyl (C=O) groups is 1. The van der Waals surface area contributed by atoms with Crippen molar-refractivity contribution in [2.75, 3.05) is 5.32 Å². The van der Waals surface area contributed by atoms with Crippen molar-refractivity contribution < 1.29 is 35.2 Å². The first kappa shape index (κ1) is 23.1. The van der Waals surface area contributed by atoms with Gasteiger partial charge in [0.25, 0.3) is 5.91 Å². The number of aromatic nitrogens is 1. The van der Waals surface area contributed by atoms with Crippen LogP contribution in [0.4, 0.5) is 27.6 Å². The molecule has 1 atom stereocenters. The van der Waals surface area contributed by atoms with Gasteiger partial charge in [-0.3, -0.25) is 4.79 Å². The summed E-state index contributed by atoms with van der Waals surface area (Å²) in [5.74, 6) is -3.54. The van der Waals surface area contributed by atoms with Crippen molar-refractivity contribution in [1.82, 2.24) is 9.29 Å². The Kier molecular flexibility index (Phi) is 6.31. The number of amides is 1. The lowest BCUT2D eigenvalue weighted by Gasteiger charge is -2.17. The lowest BCUT2D eigenvalue weighted by atomic mass is 10.3. The Morgan fingerprint density at radius 1 is 1.21 bits per heavy atom. The number of rotatable bonds is 5. The zero-order valence-electron chi connectivity index (χ0n) is 15.2. The molecule has 29 heavy (non-hydrogen) atoms. The van der Waals surface area contributed by atoms with Gasteiger partial charge in [-0.25, -0.2) is 17.2 Å². The molecule has 0 fully saturated rings. The minimum absolute atomic E-state index is 0.0136. The Morgan fingerprint density at radius 3 is 2.31 bits per heavy atom. The summed E-state index contributed by atoms with van der Waals surface area (Å²) in [4.78, 5) is 11.9. The number of sulfonamides is 1. The Balaban J connectivity index is 2.36. The number of benzene rings is 1. The largest absolute Gasteiger partial charge is 0.404 e. The second-order valence-corrected chi connectivity index (χ2v) is 8.22. The third-order valence-electron chi connectivity index (χ3n) is 4.08. The fourth-order valence-electron chi connectivity index (χ4n) is 2.35. The zero-order valence-corrected chi connectivity index (χ0v) is 16.7. The molecule has 0 radical (unpaired) electrons. The highest BCUT2D eigenvalue weighted by molar-refractivity contribution is 7.89. The van der Waals surface area contributed by atoms with E-state index in [2.05, 4.69) is 5.32 Å². The van der Waals surface area contributed by atoms with Gasteiger partial charge in [0.05, 0.1) is 5.02 Å². The number of hydrogen-bond acceptors (Lipinski definition) is 3. The Morgan fingerprint density at radius 2 is 1.79 bits per heavy atom. The van der Waals surface area contributed by atoms with Gasteiger partial charge in [-0.1, -0.05) is 11.6 Å². The molecule has 2 aromatic rings. The molecule has 0 saturated heterocycles. The average molecular weight is 460 g/mol. The van der Waals surface area contributed by atoms with E-state index in [9.17, 15) is 35.2 Å². The molecule has 1 aromatic heterocycles. The smallest absolute Gasteiger partial charge is 0.343 e. The number of anilines is 1. The summed E-state index contributed by atoms with van der Waals surface area (Å²) in [6.45, 7) is 1.92. The van der Waals surface area contributed by atoms with Gasteiger partial charge in [0.2, 0.25) is 10.0 Å². The average Bonchev–Trinajstić information content (AvgIpc) is 2.87. The first-order chi connectivity index (χ1) is 13.1. The highest BCUT2D eigenvalue weighted by Crippen LogP contribution is 2.26. The minimum atomic E-state index is -4.80. The highest BCUT2D eigenvalue weighted by Gasteiger charge is 2.39. The van der Waals surface area contributed by atoms with Crippen molar-refractivity contribution in [3.63, 3.8) is 0 Å². The molecule has 6 nitrogen and oxygen atoms in total. The van der Waals surface area contributed by atoms with Gasteiger partial charge < -0.3 is 9.88 Å². The van der Waals surface area contributed by atoms with Gasteiger partial charge in [0.1, 0.15) is 16.6 Å². The molecule has 1 amide bonds. The van der Waals surface area contributed by atoms with Crippen molar-refractivity contribution in [1.29, 1.82) is 0 Å². The van der Waals surface area contributed by atoms with Gasteiger partial charge in [-0.15, -0.1) is 0 Å². The van der Waals surface area contributed by atoms with Gasteiger partial charge in [-0.2, -0.15) is 17.9 Å². The number of alkyl halides is 3. The molecule has 13 heteroatoms. The van der Waals surface area contributed by atoms with Crippen LogP contribution < -0.4 is 10.0 Å². The lowest BCUT2D eigenvalue weighted by Crippen LogP contribution is -2.43. The van der Waals surface area contributed by atoms with Crippen LogP contribution >= 0.6 is 11.6 Å². The van der Waals surface area contributed by atoms with Crippen molar-refractivity contribution in [2.24, 2.45) is 7.05 Å². The second-order valence-electron chi connectivity index (χ2n) is 6.13. The first-order valence-electron chi connectivity index (χ1n) is 7.86. The number of nitrogens with one attached hydrogen (secondary N) is 2. The molecule has 0 aliphatic carbocycles. The maximum Gasteiger partial charge on any atom is 0.404 e. The van der Waals surface area contributed by atoms with Gasteiger partial charge in [-0.05, 0) is 26.0 Å². The normalized spacial score (nSPS) is 13.4. The maximum atomic E-state index is 13.4. The predicted molar refractivity (Wildman–Crippen MR) is 95.3 cm³/mol. The van der Waals surface area contributed by atoms with Crippen LogP contribution in [0.2, 0.25) is 5.02 Å². The quantitative estimate of drug-likeness (QED) is 0.528. The molecule has 2 rings (SSSR count). The van der Waals surface area contributed by atoms with Crippen LogP contribution in [0.15, 0.2) is 23.1 Å². The van der Waals surface area contributed by atoms with Crippen LogP contribution in [0.3, 0.4) is 0 Å². The fourth-order valence-corrected chi connectivity index (χ4v) is 4.07. The highest BCUT2D eigenvalue weighted by atomic mass is 35.5. The summed E-state index contributed by atoms with van der Waals surface area (Å²) in [5, 5.41) is 1.63. The Bertz CT molecular complexity index is 1040. The molecular formula is C16H15ClF5N3O3S. The van der Waals surface area contributed by atoms with E-state index in [-0.39, 0.29) is 17.1 Å². The molecule has 160 valence electrons. The molecule has 1 heterocycles. The Hall–Kier alpha value is -2.18. The third kappa shape index (κ3) is 4.87. The molecule has 0 saturated carbocycles. The predicted octanol–water partition coefficient (Wildman–Crippen LogP) is 3.75. The SMILES string of the molecule is Cc1c(S(=O)(=O)NC(C)C(F)(F)F)cc(C(=O)Nc2cc(F)c(F)c(Cl)c2)n1C. The number of nitrogens with zero attached hydrogens (tertiary/aromatic N) is 1. The minimum Gasteiger partial charge on any atom is -0.343 e.